The molecule has 0 spiro atoms. The number of aryl methyl sites for hydroxylation is 2. The van der Waals surface area contributed by atoms with E-state index in [9.17, 15) is 19.2 Å². The molecule has 2 amide bonds. The van der Waals surface area contributed by atoms with Crippen LogP contribution in [0.25, 0.3) is 42.5 Å². The zero-order valence-electron chi connectivity index (χ0n) is 26.1. The maximum Gasteiger partial charge on any atom is 0.345 e. The summed E-state index contributed by atoms with van der Waals surface area (Å²) in [5.41, 5.74) is 5.97. The Kier molecular flexibility index (Phi) is 5.94. The first kappa shape index (κ1) is 28.6. The predicted octanol–water partition coefficient (Wildman–Crippen LogP) is 7.37. The number of hydrogen-bond acceptors (Lipinski definition) is 8. The zero-order chi connectivity index (χ0) is 33.2. The fourth-order valence-electron chi connectivity index (χ4n) is 6.88. The van der Waals surface area contributed by atoms with E-state index in [2.05, 4.69) is 31.2 Å². The van der Waals surface area contributed by atoms with Gasteiger partial charge in [-0.05, 0) is 73.5 Å². The highest BCUT2D eigenvalue weighted by molar-refractivity contribution is 7.23. The molecule has 9 rings (SSSR count). The molecule has 0 saturated heterocycles. The molecular formula is C38H24N2O6S2. The molecule has 0 N–H and O–H groups in total. The van der Waals surface area contributed by atoms with Crippen molar-refractivity contribution in [3.63, 3.8) is 0 Å². The smallest absolute Gasteiger partial charge is 0.345 e. The van der Waals surface area contributed by atoms with E-state index < -0.39 is 11.9 Å². The van der Waals surface area contributed by atoms with Crippen LogP contribution in [0.5, 0.6) is 11.5 Å². The molecule has 0 saturated carbocycles. The van der Waals surface area contributed by atoms with Crippen LogP contribution in [0.1, 0.15) is 32.7 Å². The van der Waals surface area contributed by atoms with Crippen LogP contribution < -0.4 is 19.3 Å². The van der Waals surface area contributed by atoms with Gasteiger partial charge in [-0.15, -0.1) is 22.7 Å². The average molecular weight is 669 g/mol. The summed E-state index contributed by atoms with van der Waals surface area (Å²) in [6.45, 7) is 4.02. The molecule has 0 radical (unpaired) electrons. The summed E-state index contributed by atoms with van der Waals surface area (Å²) in [5.74, 6) is -1.62. The lowest BCUT2D eigenvalue weighted by Gasteiger charge is -2.10. The molecule has 48 heavy (non-hydrogen) atoms. The number of ether oxygens (including phenoxy) is 2. The van der Waals surface area contributed by atoms with E-state index in [1.54, 1.807) is 53.8 Å². The van der Waals surface area contributed by atoms with Crippen molar-refractivity contribution in [1.29, 1.82) is 0 Å². The van der Waals surface area contributed by atoms with E-state index >= 15 is 0 Å². The second-order valence-electron chi connectivity index (χ2n) is 12.2. The van der Waals surface area contributed by atoms with Gasteiger partial charge in [0.1, 0.15) is 11.5 Å². The SMILES string of the molecule is Cc1ccc2c(c1)N(C)C(=O)/C2=C1/C(=O)Oc2cc3c(cc21)OC(=O)/C3=C1/C(=O)N(C)c2cc(-c3ccc(-c4ccc(C)s4)s3)ccc21. The molecule has 2 aromatic heterocycles. The number of likely N-dealkylation sites (N-methyl/N-ethyl adjacent to an activating group) is 2. The lowest BCUT2D eigenvalue weighted by Crippen LogP contribution is -2.21. The van der Waals surface area contributed by atoms with Gasteiger partial charge in [0.05, 0.1) is 33.7 Å². The van der Waals surface area contributed by atoms with Gasteiger partial charge in [-0.3, -0.25) is 9.59 Å². The zero-order valence-corrected chi connectivity index (χ0v) is 27.7. The normalized spacial score (nSPS) is 19.2. The lowest BCUT2D eigenvalue weighted by molar-refractivity contribution is -0.127. The molecule has 0 bridgehead atoms. The van der Waals surface area contributed by atoms with Crippen LogP contribution in [-0.2, 0) is 19.2 Å². The fraction of sp³-hybridized carbons (Fsp3) is 0.105. The van der Waals surface area contributed by atoms with Crippen LogP contribution in [0.15, 0.2) is 72.8 Å². The van der Waals surface area contributed by atoms with Crippen LogP contribution >= 0.6 is 22.7 Å². The summed E-state index contributed by atoms with van der Waals surface area (Å²) < 4.78 is 11.4. The molecule has 10 heteroatoms. The van der Waals surface area contributed by atoms with E-state index in [4.69, 9.17) is 9.47 Å². The summed E-state index contributed by atoms with van der Waals surface area (Å²) in [5, 5.41) is 0. The highest BCUT2D eigenvalue weighted by Gasteiger charge is 2.44. The number of rotatable bonds is 2. The fourth-order valence-corrected chi connectivity index (χ4v) is 8.84. The molecule has 5 aromatic rings. The number of benzene rings is 3. The summed E-state index contributed by atoms with van der Waals surface area (Å²) >= 11 is 3.44. The van der Waals surface area contributed by atoms with Gasteiger partial charge in [0.25, 0.3) is 11.8 Å². The highest BCUT2D eigenvalue weighted by atomic mass is 32.1. The first-order valence-corrected chi connectivity index (χ1v) is 16.8. The number of nitrogens with zero attached hydrogens (tertiary/aromatic N) is 2. The van der Waals surface area contributed by atoms with Crippen molar-refractivity contribution in [2.75, 3.05) is 23.9 Å². The third kappa shape index (κ3) is 3.93. The number of carbonyl (C=O) groups excluding carboxylic acids is 4. The van der Waals surface area contributed by atoms with Crippen molar-refractivity contribution in [3.05, 3.63) is 105 Å². The molecule has 0 fully saturated rings. The van der Waals surface area contributed by atoms with Crippen molar-refractivity contribution in [2.24, 2.45) is 0 Å². The Balaban J connectivity index is 1.14. The Hall–Kier alpha value is -5.58. The summed E-state index contributed by atoms with van der Waals surface area (Å²) in [6, 6.07) is 22.9. The number of thiophene rings is 2. The van der Waals surface area contributed by atoms with Gasteiger partial charge in [-0.2, -0.15) is 0 Å². The Morgan fingerprint density at radius 3 is 1.62 bits per heavy atom. The van der Waals surface area contributed by atoms with Crippen LogP contribution in [0.3, 0.4) is 0 Å². The largest absolute Gasteiger partial charge is 0.422 e. The van der Waals surface area contributed by atoms with Crippen LogP contribution in [0.2, 0.25) is 0 Å². The van der Waals surface area contributed by atoms with Crippen molar-refractivity contribution < 1.29 is 28.7 Å². The summed E-state index contributed by atoms with van der Waals surface area (Å²) in [7, 11) is 3.35. The van der Waals surface area contributed by atoms with Gasteiger partial charge in [-0.25, -0.2) is 9.59 Å². The molecule has 6 heterocycles. The molecule has 8 nitrogen and oxygen atoms in total. The van der Waals surface area contributed by atoms with Gasteiger partial charge in [0.2, 0.25) is 0 Å². The minimum absolute atomic E-state index is 0.109. The number of carbonyl (C=O) groups is 4. The predicted molar refractivity (Wildman–Crippen MR) is 187 cm³/mol. The highest BCUT2D eigenvalue weighted by Crippen LogP contribution is 2.52. The Labute approximate surface area is 282 Å². The minimum atomic E-state index is -0.672. The summed E-state index contributed by atoms with van der Waals surface area (Å²) in [4.78, 5) is 61.8. The van der Waals surface area contributed by atoms with Crippen molar-refractivity contribution in [1.82, 2.24) is 0 Å². The van der Waals surface area contributed by atoms with Crippen LogP contribution in [0.4, 0.5) is 11.4 Å². The van der Waals surface area contributed by atoms with Gasteiger partial charge in [-0.1, -0.05) is 24.3 Å². The molecule has 234 valence electrons. The molecular weight excluding hydrogens is 645 g/mol. The first-order valence-electron chi connectivity index (χ1n) is 15.2. The number of esters is 2. The van der Waals surface area contributed by atoms with Gasteiger partial charge < -0.3 is 19.3 Å². The van der Waals surface area contributed by atoms with E-state index in [-0.39, 0.29) is 45.6 Å². The second kappa shape index (κ2) is 9.96. The second-order valence-corrected chi connectivity index (χ2v) is 14.6. The molecule has 3 aromatic carbocycles. The third-order valence-corrected chi connectivity index (χ3v) is 11.6. The standard InChI is InChI=1S/C38H24N2O6S2/c1-17-5-8-20-24(13-17)39(3)35(41)31(20)33-22-15-27-23(16-26(22)45-37(33)43)34(38(44)46-27)32-21-9-7-19(14-25(21)40(4)36(32)42)28-11-12-30(48-28)29-10-6-18(2)47-29/h5-16H,1-4H3/b33-31+,34-32+. The Morgan fingerprint density at radius 1 is 0.521 bits per heavy atom. The lowest BCUT2D eigenvalue weighted by atomic mass is 9.92. The van der Waals surface area contributed by atoms with E-state index in [1.165, 1.54) is 19.5 Å². The van der Waals surface area contributed by atoms with Crippen molar-refractivity contribution in [3.8, 4) is 31.7 Å². The first-order chi connectivity index (χ1) is 23.1. The Morgan fingerprint density at radius 2 is 1.04 bits per heavy atom. The number of amides is 2. The molecule has 4 aliphatic rings. The monoisotopic (exact) mass is 668 g/mol. The van der Waals surface area contributed by atoms with Crippen molar-refractivity contribution >= 4 is 80.1 Å². The molecule has 0 atom stereocenters. The maximum atomic E-state index is 13.8. The topological polar surface area (TPSA) is 93.2 Å². The third-order valence-electron chi connectivity index (χ3n) is 9.26. The van der Waals surface area contributed by atoms with Crippen molar-refractivity contribution in [2.45, 2.75) is 13.8 Å². The minimum Gasteiger partial charge on any atom is -0.422 e. The molecule has 0 aliphatic carbocycles. The quantitative estimate of drug-likeness (QED) is 0.111. The van der Waals surface area contributed by atoms with E-state index in [0.717, 1.165) is 16.0 Å². The summed E-state index contributed by atoms with van der Waals surface area (Å²) in [6.07, 6.45) is 0. The number of anilines is 2. The van der Waals surface area contributed by atoms with E-state index in [0.29, 0.717) is 33.6 Å². The Bertz CT molecular complexity index is 2440. The van der Waals surface area contributed by atoms with Crippen LogP contribution in [-0.4, -0.2) is 37.8 Å². The van der Waals surface area contributed by atoms with E-state index in [1.807, 2.05) is 43.3 Å². The maximum absolute atomic E-state index is 13.8. The van der Waals surface area contributed by atoms with Gasteiger partial charge in [0, 0.05) is 55.9 Å². The number of hydrogen-bond donors (Lipinski definition) is 0. The molecule has 4 aliphatic heterocycles. The average Bonchev–Trinajstić information content (AvgIpc) is 3.91. The van der Waals surface area contributed by atoms with Gasteiger partial charge >= 0.3 is 11.9 Å². The van der Waals surface area contributed by atoms with Gasteiger partial charge in [0.15, 0.2) is 0 Å². The molecule has 0 unspecified atom stereocenters. The number of fused-ring (bicyclic) bond motifs is 4. The van der Waals surface area contributed by atoms with Crippen LogP contribution in [0, 0.1) is 13.8 Å².